The molecule has 1 aromatic heterocycles. The largest absolute Gasteiger partial charge is 0.343 e. The normalized spacial score (nSPS) is 11.1. The Hall–Kier alpha value is -2.06. The van der Waals surface area contributed by atoms with Crippen LogP contribution < -0.4 is 5.73 Å². The highest BCUT2D eigenvalue weighted by molar-refractivity contribution is 5.83. The molecule has 0 aliphatic rings. The van der Waals surface area contributed by atoms with Gasteiger partial charge in [-0.3, -0.25) is 0 Å². The maximum atomic E-state index is 5.79. The van der Waals surface area contributed by atoms with Gasteiger partial charge in [-0.1, -0.05) is 42.0 Å². The van der Waals surface area contributed by atoms with E-state index in [0.717, 1.165) is 6.54 Å². The van der Waals surface area contributed by atoms with Crippen LogP contribution in [-0.4, -0.2) is 4.57 Å². The molecule has 0 aliphatic heterocycles. The molecule has 0 fully saturated rings. The summed E-state index contributed by atoms with van der Waals surface area (Å²) in [6.07, 6.45) is 2.14. The van der Waals surface area contributed by atoms with Gasteiger partial charge in [0.25, 0.3) is 0 Å². The lowest BCUT2D eigenvalue weighted by atomic mass is 10.1. The van der Waals surface area contributed by atoms with Gasteiger partial charge in [-0.25, -0.2) is 0 Å². The molecule has 2 heteroatoms. The monoisotopic (exact) mass is 250 g/mol. The van der Waals surface area contributed by atoms with Gasteiger partial charge in [0.15, 0.2) is 0 Å². The number of nitrogens with zero attached hydrogens (tertiary/aromatic N) is 1. The molecular weight excluding hydrogens is 232 g/mol. The van der Waals surface area contributed by atoms with E-state index in [1.165, 1.54) is 27.6 Å². The van der Waals surface area contributed by atoms with Crippen LogP contribution in [0.4, 0.5) is 0 Å². The van der Waals surface area contributed by atoms with Gasteiger partial charge in [0.1, 0.15) is 0 Å². The number of aromatic nitrogens is 1. The third-order valence-electron chi connectivity index (χ3n) is 3.60. The van der Waals surface area contributed by atoms with Crippen molar-refractivity contribution in [3.8, 4) is 0 Å². The highest BCUT2D eigenvalue weighted by atomic mass is 14.9. The second kappa shape index (κ2) is 4.90. The summed E-state index contributed by atoms with van der Waals surface area (Å²) in [7, 11) is 0. The summed E-state index contributed by atoms with van der Waals surface area (Å²) in [5, 5.41) is 1.26. The smallest absolute Gasteiger partial charge is 0.0486 e. The highest BCUT2D eigenvalue weighted by Gasteiger charge is 2.04. The van der Waals surface area contributed by atoms with Crippen molar-refractivity contribution in [1.82, 2.24) is 4.57 Å². The van der Waals surface area contributed by atoms with Crippen molar-refractivity contribution in [1.29, 1.82) is 0 Å². The third kappa shape index (κ3) is 2.27. The maximum absolute atomic E-state index is 5.79. The molecule has 0 radical (unpaired) electrons. The van der Waals surface area contributed by atoms with Crippen molar-refractivity contribution in [3.63, 3.8) is 0 Å². The van der Waals surface area contributed by atoms with Gasteiger partial charge in [-0.2, -0.15) is 0 Å². The fraction of sp³-hybridized carbons (Fsp3) is 0.176. The summed E-state index contributed by atoms with van der Waals surface area (Å²) in [4.78, 5) is 0. The highest BCUT2D eigenvalue weighted by Crippen LogP contribution is 2.21. The van der Waals surface area contributed by atoms with E-state index >= 15 is 0 Å². The molecule has 3 aromatic rings. The molecule has 2 N–H and O–H groups in total. The van der Waals surface area contributed by atoms with Crippen molar-refractivity contribution in [2.24, 2.45) is 5.73 Å². The predicted octanol–water partition coefficient (Wildman–Crippen LogP) is 3.46. The molecule has 2 aromatic carbocycles. The van der Waals surface area contributed by atoms with Crippen molar-refractivity contribution < 1.29 is 0 Å². The number of hydrogen-bond donors (Lipinski definition) is 1. The Balaban J connectivity index is 1.99. The number of nitrogens with two attached hydrogens (primary N) is 1. The first-order chi connectivity index (χ1) is 9.28. The van der Waals surface area contributed by atoms with Crippen LogP contribution in [0.15, 0.2) is 54.7 Å². The number of aryl methyl sites for hydroxylation is 1. The zero-order chi connectivity index (χ0) is 13.2. The van der Waals surface area contributed by atoms with Crippen molar-refractivity contribution in [2.45, 2.75) is 20.0 Å². The fourth-order valence-corrected chi connectivity index (χ4v) is 2.49. The summed E-state index contributed by atoms with van der Waals surface area (Å²) in [6, 6.07) is 17.2. The van der Waals surface area contributed by atoms with E-state index < -0.39 is 0 Å². The summed E-state index contributed by atoms with van der Waals surface area (Å²) >= 11 is 0. The van der Waals surface area contributed by atoms with Crippen LogP contribution in [0.1, 0.15) is 16.7 Å². The summed E-state index contributed by atoms with van der Waals surface area (Å²) < 4.78 is 2.28. The van der Waals surface area contributed by atoms with Gasteiger partial charge in [-0.15, -0.1) is 0 Å². The van der Waals surface area contributed by atoms with Gasteiger partial charge in [-0.05, 0) is 30.2 Å². The molecule has 0 bridgehead atoms. The molecule has 0 saturated carbocycles. The number of benzene rings is 2. The molecule has 19 heavy (non-hydrogen) atoms. The quantitative estimate of drug-likeness (QED) is 0.758. The van der Waals surface area contributed by atoms with Gasteiger partial charge >= 0.3 is 0 Å². The minimum atomic E-state index is 0.589. The zero-order valence-corrected chi connectivity index (χ0v) is 11.1. The molecule has 3 rings (SSSR count). The Morgan fingerprint density at radius 2 is 1.79 bits per heavy atom. The first-order valence-corrected chi connectivity index (χ1v) is 6.60. The van der Waals surface area contributed by atoms with Gasteiger partial charge < -0.3 is 10.3 Å². The topological polar surface area (TPSA) is 30.9 Å². The van der Waals surface area contributed by atoms with Crippen molar-refractivity contribution >= 4 is 10.9 Å². The Kier molecular flexibility index (Phi) is 3.10. The van der Waals surface area contributed by atoms with E-state index in [0.29, 0.717) is 6.54 Å². The lowest BCUT2D eigenvalue weighted by molar-refractivity contribution is 0.836. The van der Waals surface area contributed by atoms with Gasteiger partial charge in [0, 0.05) is 30.2 Å². The Labute approximate surface area is 113 Å². The van der Waals surface area contributed by atoms with Gasteiger partial charge in [0.05, 0.1) is 0 Å². The number of rotatable bonds is 3. The molecular formula is C17H18N2. The van der Waals surface area contributed by atoms with Crippen LogP contribution in [0.2, 0.25) is 0 Å². The number of hydrogen-bond acceptors (Lipinski definition) is 1. The molecule has 0 aliphatic carbocycles. The lowest BCUT2D eigenvalue weighted by Crippen LogP contribution is -1.99. The molecule has 96 valence electrons. The lowest BCUT2D eigenvalue weighted by Gasteiger charge is -2.07. The molecule has 0 amide bonds. The van der Waals surface area contributed by atoms with Gasteiger partial charge in [0.2, 0.25) is 0 Å². The molecule has 0 atom stereocenters. The molecule has 0 unspecified atom stereocenters. The Bertz CT molecular complexity index is 693. The number of fused-ring (bicyclic) bond motifs is 1. The van der Waals surface area contributed by atoms with Crippen LogP contribution in [0, 0.1) is 6.92 Å². The second-order valence-electron chi connectivity index (χ2n) is 4.98. The maximum Gasteiger partial charge on any atom is 0.0486 e. The summed E-state index contributed by atoms with van der Waals surface area (Å²) in [5.74, 6) is 0. The average molecular weight is 250 g/mol. The van der Waals surface area contributed by atoms with E-state index in [1.54, 1.807) is 0 Å². The second-order valence-corrected chi connectivity index (χ2v) is 4.98. The predicted molar refractivity (Wildman–Crippen MR) is 80.1 cm³/mol. The minimum absolute atomic E-state index is 0.589. The third-order valence-corrected chi connectivity index (χ3v) is 3.60. The summed E-state index contributed by atoms with van der Waals surface area (Å²) in [6.45, 7) is 3.60. The van der Waals surface area contributed by atoms with Crippen LogP contribution in [-0.2, 0) is 13.1 Å². The van der Waals surface area contributed by atoms with Crippen molar-refractivity contribution in [3.05, 3.63) is 71.4 Å². The average Bonchev–Trinajstić information content (AvgIpc) is 2.84. The molecule has 2 nitrogen and oxygen atoms in total. The first-order valence-electron chi connectivity index (χ1n) is 6.60. The van der Waals surface area contributed by atoms with Crippen LogP contribution in [0.25, 0.3) is 10.9 Å². The Morgan fingerprint density at radius 3 is 2.53 bits per heavy atom. The van der Waals surface area contributed by atoms with E-state index in [2.05, 4.69) is 66.2 Å². The van der Waals surface area contributed by atoms with E-state index in [9.17, 15) is 0 Å². The Morgan fingerprint density at radius 1 is 1.00 bits per heavy atom. The van der Waals surface area contributed by atoms with E-state index in [4.69, 9.17) is 5.73 Å². The van der Waals surface area contributed by atoms with E-state index in [1.807, 2.05) is 0 Å². The van der Waals surface area contributed by atoms with E-state index in [-0.39, 0.29) is 0 Å². The first kappa shape index (κ1) is 12.0. The molecule has 0 spiro atoms. The zero-order valence-electron chi connectivity index (χ0n) is 11.1. The summed E-state index contributed by atoms with van der Waals surface area (Å²) in [5.41, 5.74) is 10.9. The van der Waals surface area contributed by atoms with Crippen molar-refractivity contribution in [2.75, 3.05) is 0 Å². The minimum Gasteiger partial charge on any atom is -0.343 e. The molecule has 1 heterocycles. The standard InChI is InChI=1S/C17H18N2/c1-13-5-7-14(8-6-13)12-19-10-9-16-15(11-18)3-2-4-17(16)19/h2-10H,11-12,18H2,1H3. The van der Waals surface area contributed by atoms with Crippen LogP contribution in [0.5, 0.6) is 0 Å². The van der Waals surface area contributed by atoms with Crippen LogP contribution in [0.3, 0.4) is 0 Å². The molecule has 0 saturated heterocycles. The fourth-order valence-electron chi connectivity index (χ4n) is 2.49. The SMILES string of the molecule is Cc1ccc(Cn2ccc3c(CN)cccc32)cc1. The van der Waals surface area contributed by atoms with Crippen LogP contribution >= 0.6 is 0 Å².